The first-order valence-electron chi connectivity index (χ1n) is 8.46. The van der Waals surface area contributed by atoms with Crippen molar-refractivity contribution >= 4 is 43.5 Å². The largest absolute Gasteiger partial charge is 0.482 e. The molecule has 3 aromatic rings. The van der Waals surface area contributed by atoms with Gasteiger partial charge in [-0.2, -0.15) is 17.4 Å². The monoisotopic (exact) mass is 462 g/mol. The van der Waals surface area contributed by atoms with E-state index in [1.54, 1.807) is 18.2 Å². The maximum absolute atomic E-state index is 12.8. The van der Waals surface area contributed by atoms with E-state index in [0.29, 0.717) is 15.9 Å². The number of aromatic nitrogens is 2. The van der Waals surface area contributed by atoms with Gasteiger partial charge in [-0.25, -0.2) is 14.7 Å². The van der Waals surface area contributed by atoms with Crippen molar-refractivity contribution in [2.24, 2.45) is 0 Å². The van der Waals surface area contributed by atoms with Crippen LogP contribution in [0.3, 0.4) is 0 Å². The Hall–Kier alpha value is -2.47. The highest BCUT2D eigenvalue weighted by molar-refractivity contribution is 8.12. The molecule has 30 heavy (non-hydrogen) atoms. The van der Waals surface area contributed by atoms with Gasteiger partial charge in [0.25, 0.3) is 0 Å². The van der Waals surface area contributed by atoms with E-state index in [9.17, 15) is 21.9 Å². The maximum atomic E-state index is 12.8. The Labute approximate surface area is 175 Å². The fourth-order valence-electron chi connectivity index (χ4n) is 2.57. The molecule has 0 saturated carbocycles. The van der Waals surface area contributed by atoms with Crippen molar-refractivity contribution in [3.63, 3.8) is 0 Å². The molecule has 1 aromatic heterocycles. The fraction of sp³-hybridized carbons (Fsp3) is 0.222. The number of fused-ring (bicyclic) bond motifs is 1. The fourth-order valence-corrected chi connectivity index (χ4v) is 3.76. The van der Waals surface area contributed by atoms with Crippen molar-refractivity contribution in [3.05, 3.63) is 47.7 Å². The van der Waals surface area contributed by atoms with E-state index in [1.807, 2.05) is 0 Å². The number of hydrogen-bond acceptors (Lipinski definition) is 5. The summed E-state index contributed by atoms with van der Waals surface area (Å²) in [5.74, 6) is 0.0580. The SMILES string of the molecule is CNS(C)(=O)(O)c1ccc(OCC(F)(F)F)c(Nc2ncnc3ccc(Cl)cc23)c1. The van der Waals surface area contributed by atoms with E-state index in [1.165, 1.54) is 31.6 Å². The van der Waals surface area contributed by atoms with Crippen molar-refractivity contribution in [1.29, 1.82) is 0 Å². The molecule has 0 fully saturated rings. The zero-order valence-corrected chi connectivity index (χ0v) is 17.4. The summed E-state index contributed by atoms with van der Waals surface area (Å²) < 4.78 is 68.5. The molecule has 0 bridgehead atoms. The lowest BCUT2D eigenvalue weighted by molar-refractivity contribution is -0.153. The lowest BCUT2D eigenvalue weighted by Gasteiger charge is -2.38. The molecule has 0 aliphatic heterocycles. The van der Waals surface area contributed by atoms with Crippen LogP contribution in [0.25, 0.3) is 10.9 Å². The molecule has 0 unspecified atom stereocenters. The lowest BCUT2D eigenvalue weighted by atomic mass is 10.2. The van der Waals surface area contributed by atoms with E-state index < -0.39 is 22.3 Å². The highest BCUT2D eigenvalue weighted by Crippen LogP contribution is 2.36. The van der Waals surface area contributed by atoms with E-state index in [0.717, 1.165) is 6.26 Å². The van der Waals surface area contributed by atoms with Crippen molar-refractivity contribution in [3.8, 4) is 5.75 Å². The molecule has 162 valence electrons. The second kappa shape index (κ2) is 7.65. The van der Waals surface area contributed by atoms with Crippen LogP contribution in [0.1, 0.15) is 0 Å². The van der Waals surface area contributed by atoms with Crippen LogP contribution < -0.4 is 14.8 Å². The first kappa shape index (κ1) is 22.2. The van der Waals surface area contributed by atoms with E-state index in [2.05, 4.69) is 20.0 Å². The van der Waals surface area contributed by atoms with E-state index in [-0.39, 0.29) is 22.2 Å². The summed E-state index contributed by atoms with van der Waals surface area (Å²) in [4.78, 5) is 8.18. The van der Waals surface area contributed by atoms with Gasteiger partial charge in [0.05, 0.1) is 16.1 Å². The number of rotatable bonds is 6. The molecule has 7 nitrogen and oxygen atoms in total. The highest BCUT2D eigenvalue weighted by Gasteiger charge is 2.30. The Balaban J connectivity index is 2.11. The van der Waals surface area contributed by atoms with Gasteiger partial charge in [-0.3, -0.25) is 4.55 Å². The summed E-state index contributed by atoms with van der Waals surface area (Å²) in [6, 6.07) is 8.52. The van der Waals surface area contributed by atoms with Gasteiger partial charge in [0, 0.05) is 23.7 Å². The van der Waals surface area contributed by atoms with E-state index in [4.69, 9.17) is 16.3 Å². The van der Waals surface area contributed by atoms with Gasteiger partial charge in [-0.15, -0.1) is 9.53 Å². The maximum Gasteiger partial charge on any atom is 0.422 e. The highest BCUT2D eigenvalue weighted by atomic mass is 35.5. The zero-order valence-electron chi connectivity index (χ0n) is 15.8. The van der Waals surface area contributed by atoms with Crippen LogP contribution in [0, 0.1) is 0 Å². The quantitative estimate of drug-likeness (QED) is 0.503. The Morgan fingerprint density at radius 2 is 1.93 bits per heavy atom. The third kappa shape index (κ3) is 4.98. The Morgan fingerprint density at radius 1 is 1.20 bits per heavy atom. The summed E-state index contributed by atoms with van der Waals surface area (Å²) >= 11 is 6.04. The predicted octanol–water partition coefficient (Wildman–Crippen LogP) is 4.38. The second-order valence-corrected chi connectivity index (χ2v) is 10.4. The Bertz CT molecular complexity index is 1170. The molecular formula is C18H18ClF3N4O3S. The van der Waals surface area contributed by atoms with Gasteiger partial charge >= 0.3 is 6.18 Å². The lowest BCUT2D eigenvalue weighted by Crippen LogP contribution is -2.43. The molecule has 0 saturated heterocycles. The third-order valence-corrected chi connectivity index (χ3v) is 6.79. The number of ether oxygens (including phenoxy) is 1. The van der Waals surface area contributed by atoms with Crippen LogP contribution in [0.5, 0.6) is 5.75 Å². The Kier molecular flexibility index (Phi) is 5.67. The third-order valence-electron chi connectivity index (χ3n) is 4.23. The average molecular weight is 463 g/mol. The van der Waals surface area contributed by atoms with Gasteiger partial charge in [0.2, 0.25) is 0 Å². The van der Waals surface area contributed by atoms with Crippen LogP contribution in [-0.4, -0.2) is 44.8 Å². The molecule has 0 aliphatic rings. The average Bonchev–Trinajstić information content (AvgIpc) is 2.66. The first-order chi connectivity index (χ1) is 13.9. The molecule has 1 heterocycles. The molecule has 12 heteroatoms. The molecular weight excluding hydrogens is 445 g/mol. The van der Waals surface area contributed by atoms with Crippen molar-refractivity contribution in [2.45, 2.75) is 11.1 Å². The van der Waals surface area contributed by atoms with Gasteiger partial charge < -0.3 is 10.1 Å². The summed E-state index contributed by atoms with van der Waals surface area (Å²) in [5, 5.41) is 3.78. The van der Waals surface area contributed by atoms with Crippen molar-refractivity contribution in [1.82, 2.24) is 14.7 Å². The molecule has 0 spiro atoms. The summed E-state index contributed by atoms with van der Waals surface area (Å²) in [7, 11) is -3.12. The number of nitrogens with zero attached hydrogens (tertiary/aromatic N) is 2. The van der Waals surface area contributed by atoms with Crippen LogP contribution in [-0.2, 0) is 9.53 Å². The molecule has 0 atom stereocenters. The van der Waals surface area contributed by atoms with Crippen LogP contribution in [0.4, 0.5) is 24.7 Å². The van der Waals surface area contributed by atoms with Crippen molar-refractivity contribution < 1.29 is 26.7 Å². The van der Waals surface area contributed by atoms with E-state index >= 15 is 0 Å². The topological polar surface area (TPSA) is 96.4 Å². The Morgan fingerprint density at radius 3 is 2.60 bits per heavy atom. The number of halogens is 4. The number of hydrogen-bond donors (Lipinski definition) is 3. The number of benzene rings is 2. The van der Waals surface area contributed by atoms with Crippen molar-refractivity contribution in [2.75, 3.05) is 25.2 Å². The first-order valence-corrected chi connectivity index (χ1v) is 11.2. The normalized spacial score (nSPS) is 13.6. The molecule has 2 aromatic carbocycles. The van der Waals surface area contributed by atoms with Crippen LogP contribution in [0.15, 0.2) is 47.6 Å². The van der Waals surface area contributed by atoms with Gasteiger partial charge in [0.15, 0.2) is 6.61 Å². The summed E-state index contributed by atoms with van der Waals surface area (Å²) in [6.45, 7) is -1.53. The van der Waals surface area contributed by atoms with Gasteiger partial charge in [-0.05, 0) is 36.4 Å². The summed E-state index contributed by atoms with van der Waals surface area (Å²) in [6.07, 6.45) is -2.20. The van der Waals surface area contributed by atoms with Gasteiger partial charge in [-0.1, -0.05) is 11.6 Å². The predicted molar refractivity (Wildman–Crippen MR) is 110 cm³/mol. The number of nitrogens with one attached hydrogen (secondary N) is 2. The number of alkyl halides is 3. The second-order valence-electron chi connectivity index (χ2n) is 6.56. The minimum absolute atomic E-state index is 0.0155. The van der Waals surface area contributed by atoms with Crippen LogP contribution in [0.2, 0.25) is 5.02 Å². The summed E-state index contributed by atoms with van der Waals surface area (Å²) in [5.41, 5.74) is 0.558. The van der Waals surface area contributed by atoms with Gasteiger partial charge in [0.1, 0.15) is 17.9 Å². The minimum atomic E-state index is -4.56. The molecule has 0 radical (unpaired) electrons. The molecule has 3 N–H and O–H groups in total. The zero-order chi connectivity index (χ0) is 22.2. The number of anilines is 2. The molecule has 0 amide bonds. The minimum Gasteiger partial charge on any atom is -0.482 e. The molecule has 3 rings (SSSR count). The smallest absolute Gasteiger partial charge is 0.422 e. The molecule has 0 aliphatic carbocycles. The standard InChI is InChI=1S/C18H18ClF3N4O3S/c1-23-30(2,27,28)12-4-6-16(29-9-18(20,21)22)15(8-12)26-17-13-7-11(19)3-5-14(13)24-10-25-17/h3-8,10H,9H2,1-2H3,(H2,23,27,28)(H,24,25,26). The van der Waals surface area contributed by atoms with Crippen LogP contribution >= 0.6 is 11.6 Å².